The van der Waals surface area contributed by atoms with Crippen LogP contribution in [0, 0.1) is 0 Å². The van der Waals surface area contributed by atoms with Gasteiger partial charge in [-0.05, 0) is 38.5 Å². The summed E-state index contributed by atoms with van der Waals surface area (Å²) in [6.45, 7) is 11.2. The third kappa shape index (κ3) is 14.6. The Hall–Kier alpha value is -0.0800. The Kier molecular flexibility index (Phi) is 18.0. The van der Waals surface area contributed by atoms with E-state index in [9.17, 15) is 0 Å². The number of hydrogen-bond acceptors (Lipinski definition) is 1. The third-order valence-corrected chi connectivity index (χ3v) is 4.65. The largest absolute Gasteiger partial charge is 0.870 e. The number of unbranched alkanes of at least 4 members (excludes halogenated alkanes) is 9. The van der Waals surface area contributed by atoms with E-state index in [-0.39, 0.29) is 5.48 Å². The smallest absolute Gasteiger partial charge is 0.0784 e. The molecule has 2 heteroatoms. The number of nitrogens with zero attached hydrogens (tertiary/aromatic N) is 1. The average Bonchev–Trinajstić information content (AvgIpc) is 2.45. The van der Waals surface area contributed by atoms with E-state index in [1.165, 1.54) is 101 Å². The molecular weight excluding hydrogens is 258 g/mol. The number of rotatable bonds is 15. The van der Waals surface area contributed by atoms with Crippen molar-refractivity contribution < 1.29 is 9.96 Å². The summed E-state index contributed by atoms with van der Waals surface area (Å²) < 4.78 is 1.34. The maximum absolute atomic E-state index is 2.52. The Labute approximate surface area is 135 Å². The van der Waals surface area contributed by atoms with Crippen LogP contribution in [0.4, 0.5) is 0 Å². The van der Waals surface area contributed by atoms with Crippen LogP contribution in [-0.4, -0.2) is 36.6 Å². The van der Waals surface area contributed by atoms with Crippen LogP contribution in [0.1, 0.15) is 97.8 Å². The molecule has 0 amide bonds. The van der Waals surface area contributed by atoms with E-state index in [1.54, 1.807) is 0 Å². The van der Waals surface area contributed by atoms with Crippen molar-refractivity contribution in [2.24, 2.45) is 0 Å². The molecule has 0 heterocycles. The first-order valence-electron chi connectivity index (χ1n) is 9.52. The molecule has 1 N–H and O–H groups in total. The Bertz CT molecular complexity index is 163. The lowest BCUT2D eigenvalue weighted by Crippen LogP contribution is -2.46. The van der Waals surface area contributed by atoms with Gasteiger partial charge in [-0.2, -0.15) is 0 Å². The lowest BCUT2D eigenvalue weighted by atomic mass is 10.1. The van der Waals surface area contributed by atoms with Gasteiger partial charge in [0.15, 0.2) is 0 Å². The fourth-order valence-electron chi connectivity index (χ4n) is 3.10. The van der Waals surface area contributed by atoms with Crippen molar-refractivity contribution in [1.29, 1.82) is 0 Å². The highest BCUT2D eigenvalue weighted by molar-refractivity contribution is 4.48. The molecule has 21 heavy (non-hydrogen) atoms. The Morgan fingerprint density at radius 1 is 0.476 bits per heavy atom. The fraction of sp³-hybridized carbons (Fsp3) is 1.00. The molecule has 0 aromatic rings. The van der Waals surface area contributed by atoms with Crippen LogP contribution in [0.2, 0.25) is 0 Å². The summed E-state index contributed by atoms with van der Waals surface area (Å²) in [4.78, 5) is 0. The fourth-order valence-corrected chi connectivity index (χ4v) is 3.10. The molecule has 0 fully saturated rings. The van der Waals surface area contributed by atoms with Crippen LogP contribution in [0.5, 0.6) is 0 Å². The predicted molar refractivity (Wildman–Crippen MR) is 95.1 cm³/mol. The van der Waals surface area contributed by atoms with Crippen molar-refractivity contribution in [2.45, 2.75) is 97.8 Å². The minimum absolute atomic E-state index is 0. The van der Waals surface area contributed by atoms with Crippen LogP contribution >= 0.6 is 0 Å². The molecule has 130 valence electrons. The second-order valence-electron chi connectivity index (χ2n) is 6.97. The van der Waals surface area contributed by atoms with Gasteiger partial charge in [-0.25, -0.2) is 0 Å². The molecule has 0 radical (unpaired) electrons. The van der Waals surface area contributed by atoms with Gasteiger partial charge in [0, 0.05) is 0 Å². The summed E-state index contributed by atoms with van der Waals surface area (Å²) in [5, 5.41) is 0. The van der Waals surface area contributed by atoms with E-state index in [0.29, 0.717) is 0 Å². The summed E-state index contributed by atoms with van der Waals surface area (Å²) in [5.74, 6) is 0. The molecule has 0 spiro atoms. The van der Waals surface area contributed by atoms with Crippen molar-refractivity contribution in [3.63, 3.8) is 0 Å². The maximum Gasteiger partial charge on any atom is 0.0784 e. The first kappa shape index (κ1) is 23.2. The molecule has 0 saturated heterocycles. The molecule has 0 aliphatic heterocycles. The van der Waals surface area contributed by atoms with E-state index in [2.05, 4.69) is 27.8 Å². The summed E-state index contributed by atoms with van der Waals surface area (Å²) in [6, 6.07) is 0. The Morgan fingerprint density at radius 2 is 0.762 bits per heavy atom. The molecule has 0 aliphatic rings. The highest BCUT2D eigenvalue weighted by Crippen LogP contribution is 2.14. The van der Waals surface area contributed by atoms with Gasteiger partial charge in [-0.3, -0.25) is 0 Å². The van der Waals surface area contributed by atoms with Crippen molar-refractivity contribution in [2.75, 3.05) is 26.7 Å². The second-order valence-corrected chi connectivity index (χ2v) is 6.97. The molecule has 0 rings (SSSR count). The predicted octanol–water partition coefficient (Wildman–Crippen LogP) is 6.00. The van der Waals surface area contributed by atoms with Crippen LogP contribution in [0.15, 0.2) is 0 Å². The van der Waals surface area contributed by atoms with Gasteiger partial charge in [0.05, 0.1) is 26.7 Å². The standard InChI is InChI=1S/C19H42N.H2O/c1-5-8-11-14-17-20(4,18-15-12-9-6-2)19-16-13-10-7-3;/h5-19H2,1-4H3;1H2/q+1;/p-1. The van der Waals surface area contributed by atoms with Gasteiger partial charge in [0.2, 0.25) is 0 Å². The summed E-state index contributed by atoms with van der Waals surface area (Å²) in [6.07, 6.45) is 17.0. The monoisotopic (exact) mass is 301 g/mol. The van der Waals surface area contributed by atoms with Gasteiger partial charge >= 0.3 is 0 Å². The zero-order valence-corrected chi connectivity index (χ0v) is 15.5. The Morgan fingerprint density at radius 3 is 1.00 bits per heavy atom. The summed E-state index contributed by atoms with van der Waals surface area (Å²) in [5.41, 5.74) is 0. The summed E-state index contributed by atoms with van der Waals surface area (Å²) >= 11 is 0. The van der Waals surface area contributed by atoms with Gasteiger partial charge in [0.25, 0.3) is 0 Å². The maximum atomic E-state index is 2.52. The van der Waals surface area contributed by atoms with E-state index < -0.39 is 0 Å². The van der Waals surface area contributed by atoms with Crippen LogP contribution in [0.3, 0.4) is 0 Å². The molecule has 0 atom stereocenters. The third-order valence-electron chi connectivity index (χ3n) is 4.65. The zero-order valence-electron chi connectivity index (χ0n) is 15.5. The van der Waals surface area contributed by atoms with Crippen LogP contribution < -0.4 is 0 Å². The van der Waals surface area contributed by atoms with Crippen molar-refractivity contribution >= 4 is 0 Å². The molecule has 0 saturated carbocycles. The second kappa shape index (κ2) is 16.3. The van der Waals surface area contributed by atoms with E-state index in [0.717, 1.165) is 0 Å². The van der Waals surface area contributed by atoms with Crippen molar-refractivity contribution in [3.8, 4) is 0 Å². The molecular formula is C19H43NO. The first-order valence-corrected chi connectivity index (χ1v) is 9.52. The minimum Gasteiger partial charge on any atom is -0.870 e. The average molecular weight is 302 g/mol. The lowest BCUT2D eigenvalue weighted by molar-refractivity contribution is -0.910. The zero-order chi connectivity index (χ0) is 15.1. The van der Waals surface area contributed by atoms with Crippen LogP contribution in [-0.2, 0) is 0 Å². The van der Waals surface area contributed by atoms with E-state index in [1.807, 2.05) is 0 Å². The number of quaternary nitrogens is 1. The van der Waals surface area contributed by atoms with Crippen molar-refractivity contribution in [1.82, 2.24) is 0 Å². The SMILES string of the molecule is CCCCCC[N+](C)(CCCCCC)CCCCCC.[OH-]. The first-order chi connectivity index (χ1) is 9.68. The normalized spacial score (nSPS) is 11.4. The molecule has 0 aromatic carbocycles. The van der Waals surface area contributed by atoms with Gasteiger partial charge < -0.3 is 9.96 Å². The highest BCUT2D eigenvalue weighted by Gasteiger charge is 2.19. The van der Waals surface area contributed by atoms with E-state index >= 15 is 0 Å². The Balaban J connectivity index is 0. The van der Waals surface area contributed by atoms with Gasteiger partial charge in [-0.15, -0.1) is 0 Å². The minimum atomic E-state index is 0. The number of hydrogen-bond donors (Lipinski definition) is 0. The highest BCUT2D eigenvalue weighted by atomic mass is 16.0. The summed E-state index contributed by atoms with van der Waals surface area (Å²) in [7, 11) is 2.52. The van der Waals surface area contributed by atoms with Crippen molar-refractivity contribution in [3.05, 3.63) is 0 Å². The van der Waals surface area contributed by atoms with Crippen LogP contribution in [0.25, 0.3) is 0 Å². The van der Waals surface area contributed by atoms with E-state index in [4.69, 9.17) is 0 Å². The topological polar surface area (TPSA) is 30.0 Å². The molecule has 0 aromatic heterocycles. The molecule has 0 bridgehead atoms. The van der Waals surface area contributed by atoms with Gasteiger partial charge in [-0.1, -0.05) is 59.3 Å². The quantitative estimate of drug-likeness (QED) is 0.269. The van der Waals surface area contributed by atoms with Gasteiger partial charge in [0.1, 0.15) is 0 Å². The molecule has 0 aliphatic carbocycles. The molecule has 0 unspecified atom stereocenters. The molecule has 2 nitrogen and oxygen atoms in total. The lowest BCUT2D eigenvalue weighted by Gasteiger charge is -2.35.